The topological polar surface area (TPSA) is 23.8 Å². The fourth-order valence-corrected chi connectivity index (χ4v) is 2.58. The van der Waals surface area contributed by atoms with Gasteiger partial charge < -0.3 is 0 Å². The lowest BCUT2D eigenvalue weighted by Gasteiger charge is -2.34. The lowest BCUT2D eigenvalue weighted by molar-refractivity contribution is 0.196. The van der Waals surface area contributed by atoms with Crippen molar-refractivity contribution in [2.24, 2.45) is 11.3 Å². The van der Waals surface area contributed by atoms with Gasteiger partial charge in [0.2, 0.25) is 0 Å². The van der Waals surface area contributed by atoms with E-state index in [2.05, 4.69) is 13.0 Å². The number of rotatable bonds is 3. The van der Waals surface area contributed by atoms with Crippen LogP contribution in [0.4, 0.5) is 0 Å². The van der Waals surface area contributed by atoms with Crippen LogP contribution in [0, 0.1) is 22.7 Å². The molecule has 0 saturated heterocycles. The maximum absolute atomic E-state index is 9.19. The molecule has 0 bridgehead atoms. The Morgan fingerprint density at radius 3 is 2.92 bits per heavy atom. The molecule has 1 aliphatic rings. The number of alkyl halides is 1. The van der Waals surface area contributed by atoms with Gasteiger partial charge in [-0.1, -0.05) is 19.8 Å². The minimum atomic E-state index is -0.0352. The van der Waals surface area contributed by atoms with Crippen molar-refractivity contribution in [3.05, 3.63) is 0 Å². The highest BCUT2D eigenvalue weighted by Crippen LogP contribution is 2.42. The summed E-state index contributed by atoms with van der Waals surface area (Å²) in [5.41, 5.74) is -0.0352. The summed E-state index contributed by atoms with van der Waals surface area (Å²) in [4.78, 5) is 0. The SMILES string of the molecule is CC1CCCC(C#N)(CCCCl)C1. The molecule has 0 heterocycles. The minimum Gasteiger partial charge on any atom is -0.198 e. The predicted octanol–water partition coefficient (Wildman–Crippen LogP) is 3.73. The molecule has 0 aromatic carbocycles. The van der Waals surface area contributed by atoms with Gasteiger partial charge >= 0.3 is 0 Å². The van der Waals surface area contributed by atoms with Gasteiger partial charge in [0.15, 0.2) is 0 Å². The fraction of sp³-hybridized carbons (Fsp3) is 0.909. The number of hydrogen-bond acceptors (Lipinski definition) is 1. The highest BCUT2D eigenvalue weighted by Gasteiger charge is 2.34. The van der Waals surface area contributed by atoms with Crippen molar-refractivity contribution in [2.75, 3.05) is 5.88 Å². The van der Waals surface area contributed by atoms with Gasteiger partial charge in [0.25, 0.3) is 0 Å². The van der Waals surface area contributed by atoms with Crippen LogP contribution >= 0.6 is 11.6 Å². The Hall–Kier alpha value is -0.220. The number of nitriles is 1. The molecular formula is C11H18ClN. The number of nitrogens with zero attached hydrogens (tertiary/aromatic N) is 1. The highest BCUT2D eigenvalue weighted by atomic mass is 35.5. The van der Waals surface area contributed by atoms with Gasteiger partial charge in [0.1, 0.15) is 0 Å². The molecule has 0 radical (unpaired) electrons. The Bertz CT molecular complexity index is 197. The van der Waals surface area contributed by atoms with Crippen molar-refractivity contribution in [1.82, 2.24) is 0 Å². The van der Waals surface area contributed by atoms with E-state index in [1.54, 1.807) is 0 Å². The Morgan fingerprint density at radius 2 is 2.38 bits per heavy atom. The van der Waals surface area contributed by atoms with E-state index in [4.69, 9.17) is 11.6 Å². The lowest BCUT2D eigenvalue weighted by Crippen LogP contribution is -2.26. The summed E-state index contributed by atoms with van der Waals surface area (Å²) >= 11 is 5.67. The second-order valence-electron chi connectivity index (χ2n) is 4.39. The largest absolute Gasteiger partial charge is 0.198 e. The first kappa shape index (κ1) is 10.9. The molecule has 1 saturated carbocycles. The van der Waals surface area contributed by atoms with Crippen molar-refractivity contribution in [3.8, 4) is 6.07 Å². The van der Waals surface area contributed by atoms with Crippen molar-refractivity contribution in [1.29, 1.82) is 5.26 Å². The van der Waals surface area contributed by atoms with E-state index in [0.29, 0.717) is 5.88 Å². The fourth-order valence-electron chi connectivity index (χ4n) is 2.45. The average molecular weight is 200 g/mol. The van der Waals surface area contributed by atoms with Gasteiger partial charge in [-0.05, 0) is 31.6 Å². The molecule has 1 aliphatic carbocycles. The highest BCUT2D eigenvalue weighted by molar-refractivity contribution is 6.17. The second-order valence-corrected chi connectivity index (χ2v) is 4.76. The van der Waals surface area contributed by atoms with Gasteiger partial charge in [0.05, 0.1) is 11.5 Å². The summed E-state index contributed by atoms with van der Waals surface area (Å²) in [6.07, 6.45) is 6.67. The van der Waals surface area contributed by atoms with Gasteiger partial charge in [-0.3, -0.25) is 0 Å². The van der Waals surface area contributed by atoms with E-state index >= 15 is 0 Å². The third-order valence-electron chi connectivity index (χ3n) is 3.12. The van der Waals surface area contributed by atoms with Crippen LogP contribution in [0.3, 0.4) is 0 Å². The van der Waals surface area contributed by atoms with Crippen LogP contribution in [0.15, 0.2) is 0 Å². The molecule has 2 heteroatoms. The van der Waals surface area contributed by atoms with Crippen molar-refractivity contribution < 1.29 is 0 Å². The first-order valence-electron chi connectivity index (χ1n) is 5.20. The van der Waals surface area contributed by atoms with E-state index < -0.39 is 0 Å². The van der Waals surface area contributed by atoms with Crippen molar-refractivity contribution >= 4 is 11.6 Å². The monoisotopic (exact) mass is 199 g/mol. The van der Waals surface area contributed by atoms with Crippen LogP contribution in [0.25, 0.3) is 0 Å². The van der Waals surface area contributed by atoms with Crippen LogP contribution in [-0.4, -0.2) is 5.88 Å². The zero-order valence-corrected chi connectivity index (χ0v) is 9.11. The Morgan fingerprint density at radius 1 is 1.62 bits per heavy atom. The molecule has 0 spiro atoms. The van der Waals surface area contributed by atoms with Crippen molar-refractivity contribution in [2.45, 2.75) is 45.4 Å². The molecule has 1 rings (SSSR count). The Kier molecular flexibility index (Phi) is 4.06. The molecule has 0 aromatic rings. The van der Waals surface area contributed by atoms with Crippen molar-refractivity contribution in [3.63, 3.8) is 0 Å². The molecule has 1 fully saturated rings. The standard InChI is InChI=1S/C11H18ClN/c1-10-4-2-5-11(8-10,9-13)6-3-7-12/h10H,2-8H2,1H3. The minimum absolute atomic E-state index is 0.0352. The first-order chi connectivity index (χ1) is 6.22. The quantitative estimate of drug-likeness (QED) is 0.636. The molecular weight excluding hydrogens is 182 g/mol. The summed E-state index contributed by atoms with van der Waals surface area (Å²) < 4.78 is 0. The maximum atomic E-state index is 9.19. The number of hydrogen-bond donors (Lipinski definition) is 0. The summed E-state index contributed by atoms with van der Waals surface area (Å²) in [6, 6.07) is 2.52. The molecule has 0 N–H and O–H groups in total. The molecule has 0 aromatic heterocycles. The normalized spacial score (nSPS) is 34.1. The molecule has 2 atom stereocenters. The molecule has 13 heavy (non-hydrogen) atoms. The van der Waals surface area contributed by atoms with Crippen LogP contribution < -0.4 is 0 Å². The molecule has 0 amide bonds. The zero-order chi connectivity index (χ0) is 9.73. The zero-order valence-electron chi connectivity index (χ0n) is 8.35. The number of halogens is 1. The van der Waals surface area contributed by atoms with Crippen LogP contribution in [0.2, 0.25) is 0 Å². The summed E-state index contributed by atoms with van der Waals surface area (Å²) in [5.74, 6) is 1.42. The van der Waals surface area contributed by atoms with E-state index in [1.165, 1.54) is 12.8 Å². The molecule has 0 aliphatic heterocycles. The van der Waals surface area contributed by atoms with Gasteiger partial charge in [-0.25, -0.2) is 0 Å². The van der Waals surface area contributed by atoms with Crippen LogP contribution in [0.5, 0.6) is 0 Å². The summed E-state index contributed by atoms with van der Waals surface area (Å²) in [7, 11) is 0. The molecule has 1 nitrogen and oxygen atoms in total. The van der Waals surface area contributed by atoms with E-state index in [-0.39, 0.29) is 5.41 Å². The van der Waals surface area contributed by atoms with Crippen LogP contribution in [0.1, 0.15) is 45.4 Å². The summed E-state index contributed by atoms with van der Waals surface area (Å²) in [6.45, 7) is 2.26. The maximum Gasteiger partial charge on any atom is 0.0689 e. The predicted molar refractivity (Wildman–Crippen MR) is 55.6 cm³/mol. The van der Waals surface area contributed by atoms with Gasteiger partial charge in [-0.15, -0.1) is 11.6 Å². The Labute approximate surface area is 86.1 Å². The van der Waals surface area contributed by atoms with Gasteiger partial charge in [-0.2, -0.15) is 5.26 Å². The Balaban J connectivity index is 2.53. The summed E-state index contributed by atoms with van der Waals surface area (Å²) in [5, 5.41) is 9.19. The van der Waals surface area contributed by atoms with Crippen LogP contribution in [-0.2, 0) is 0 Å². The second kappa shape index (κ2) is 4.86. The van der Waals surface area contributed by atoms with E-state index in [1.807, 2.05) is 0 Å². The van der Waals surface area contributed by atoms with E-state index in [9.17, 15) is 5.26 Å². The van der Waals surface area contributed by atoms with Gasteiger partial charge in [0, 0.05) is 5.88 Å². The smallest absolute Gasteiger partial charge is 0.0689 e. The molecule has 2 unspecified atom stereocenters. The lowest BCUT2D eigenvalue weighted by atomic mass is 9.69. The third kappa shape index (κ3) is 2.88. The average Bonchev–Trinajstić information content (AvgIpc) is 2.15. The third-order valence-corrected chi connectivity index (χ3v) is 3.38. The first-order valence-corrected chi connectivity index (χ1v) is 5.73. The molecule has 74 valence electrons. The van der Waals surface area contributed by atoms with E-state index in [0.717, 1.165) is 31.6 Å².